The number of para-hydroxylation sites is 1. The molecule has 0 radical (unpaired) electrons. The third kappa shape index (κ3) is 8.27. The Hall–Kier alpha value is -6.88. The number of amides is 5. The number of aromatic nitrogens is 5. The van der Waals surface area contributed by atoms with Crippen LogP contribution < -0.4 is 21.1 Å². The number of primary amides is 1. The molecule has 2 saturated heterocycles. The van der Waals surface area contributed by atoms with Crippen LogP contribution in [-0.4, -0.2) is 103 Å². The smallest absolute Gasteiger partial charge is 0.276 e. The van der Waals surface area contributed by atoms with Gasteiger partial charge in [-0.1, -0.05) is 35.5 Å². The number of ether oxygens (including phenoxy) is 2. The van der Waals surface area contributed by atoms with E-state index in [1.165, 1.54) is 0 Å². The van der Waals surface area contributed by atoms with E-state index >= 15 is 0 Å². The Morgan fingerprint density at radius 2 is 1.68 bits per heavy atom. The van der Waals surface area contributed by atoms with E-state index in [2.05, 4.69) is 20.9 Å². The van der Waals surface area contributed by atoms with Crippen LogP contribution in [0.2, 0.25) is 0 Å². The lowest BCUT2D eigenvalue weighted by Gasteiger charge is -2.38. The number of nitrogens with one attached hydrogen (secondary N) is 2. The van der Waals surface area contributed by atoms with Crippen molar-refractivity contribution in [3.63, 3.8) is 0 Å². The monoisotopic (exact) mass is 840 g/mol. The van der Waals surface area contributed by atoms with Gasteiger partial charge in [0.15, 0.2) is 5.69 Å². The van der Waals surface area contributed by atoms with Crippen molar-refractivity contribution in [2.45, 2.75) is 70.1 Å². The summed E-state index contributed by atoms with van der Waals surface area (Å²) in [6, 6.07) is 22.0. The maximum atomic E-state index is 13.5. The summed E-state index contributed by atoms with van der Waals surface area (Å²) in [6.07, 6.45) is 6.00. The number of benzene rings is 3. The summed E-state index contributed by atoms with van der Waals surface area (Å²) >= 11 is 0. The molecule has 9 rings (SSSR count). The Morgan fingerprint density at radius 1 is 0.887 bits per heavy atom. The zero-order valence-corrected chi connectivity index (χ0v) is 34.2. The molecule has 1 unspecified atom stereocenters. The number of fused-ring (bicyclic) bond motifs is 2. The van der Waals surface area contributed by atoms with Gasteiger partial charge < -0.3 is 30.3 Å². The maximum Gasteiger partial charge on any atom is 0.276 e. The second-order valence-corrected chi connectivity index (χ2v) is 16.2. The fourth-order valence-electron chi connectivity index (χ4n) is 9.14. The van der Waals surface area contributed by atoms with Crippen LogP contribution >= 0.6 is 0 Å². The highest BCUT2D eigenvalue weighted by Gasteiger charge is 2.40. The molecule has 5 aromatic rings. The zero-order valence-electron chi connectivity index (χ0n) is 34.2. The van der Waals surface area contributed by atoms with Gasteiger partial charge >= 0.3 is 0 Å². The van der Waals surface area contributed by atoms with E-state index in [1.54, 1.807) is 21.8 Å². The first-order valence-corrected chi connectivity index (χ1v) is 21.2. The van der Waals surface area contributed by atoms with Gasteiger partial charge in [0, 0.05) is 50.3 Å². The number of nitrogens with two attached hydrogens (primary N) is 1. The second-order valence-electron chi connectivity index (χ2n) is 16.2. The van der Waals surface area contributed by atoms with Crippen LogP contribution in [0.3, 0.4) is 0 Å². The van der Waals surface area contributed by atoms with Gasteiger partial charge in [-0.3, -0.25) is 29.3 Å². The number of likely N-dealkylation sites (tertiary alicyclic amines) is 1. The van der Waals surface area contributed by atoms with Crippen LogP contribution in [0.4, 0.5) is 5.82 Å². The number of hydrogen-bond acceptors (Lipinski definition) is 11. The number of imide groups is 1. The van der Waals surface area contributed by atoms with Crippen molar-refractivity contribution in [1.82, 2.24) is 39.9 Å². The van der Waals surface area contributed by atoms with Gasteiger partial charge in [0.05, 0.1) is 25.4 Å². The Balaban J connectivity index is 0.743. The molecule has 4 aliphatic heterocycles. The lowest BCUT2D eigenvalue weighted by atomic mass is 9.86. The average molecular weight is 841 g/mol. The molecule has 5 amide bonds. The number of hydrogen-bond donors (Lipinski definition) is 3. The minimum absolute atomic E-state index is 0.0324. The Morgan fingerprint density at radius 3 is 2.45 bits per heavy atom. The van der Waals surface area contributed by atoms with Crippen molar-refractivity contribution in [1.29, 1.82) is 0 Å². The molecular weight excluding hydrogens is 793 g/mol. The van der Waals surface area contributed by atoms with Crippen molar-refractivity contribution in [3.8, 4) is 22.8 Å². The van der Waals surface area contributed by atoms with Crippen LogP contribution in [0.1, 0.15) is 86.9 Å². The van der Waals surface area contributed by atoms with E-state index in [1.807, 2.05) is 76.3 Å². The topological polar surface area (TPSA) is 209 Å². The minimum Gasteiger partial charge on any atom is -0.457 e. The minimum atomic E-state index is -0.645. The van der Waals surface area contributed by atoms with Gasteiger partial charge in [0.1, 0.15) is 34.6 Å². The van der Waals surface area contributed by atoms with Crippen molar-refractivity contribution in [3.05, 3.63) is 107 Å². The third-order valence-corrected chi connectivity index (χ3v) is 12.3. The summed E-state index contributed by atoms with van der Waals surface area (Å²) < 4.78 is 15.4. The quantitative estimate of drug-likeness (QED) is 0.106. The molecule has 0 saturated carbocycles. The summed E-state index contributed by atoms with van der Waals surface area (Å²) in [6.45, 7) is 3.45. The summed E-state index contributed by atoms with van der Waals surface area (Å²) in [5.74, 6) is 0.637. The number of carbonyl (C=O) groups excluding carboxylic acids is 5. The third-order valence-electron chi connectivity index (χ3n) is 12.3. The van der Waals surface area contributed by atoms with Gasteiger partial charge in [-0.05, 0) is 98.0 Å². The molecule has 2 atom stereocenters. The molecule has 3 aromatic carbocycles. The van der Waals surface area contributed by atoms with Crippen molar-refractivity contribution in [2.24, 2.45) is 11.7 Å². The predicted molar refractivity (Wildman–Crippen MR) is 225 cm³/mol. The molecule has 0 bridgehead atoms. The summed E-state index contributed by atoms with van der Waals surface area (Å²) in [7, 11) is 0. The summed E-state index contributed by atoms with van der Waals surface area (Å²) in [5, 5.41) is 19.1. The molecule has 320 valence electrons. The lowest BCUT2D eigenvalue weighted by molar-refractivity contribution is -0.136. The van der Waals surface area contributed by atoms with E-state index in [9.17, 15) is 24.0 Å². The molecule has 62 heavy (non-hydrogen) atoms. The van der Waals surface area contributed by atoms with E-state index in [0.29, 0.717) is 87.2 Å². The highest BCUT2D eigenvalue weighted by atomic mass is 16.5. The Kier molecular flexibility index (Phi) is 11.5. The molecule has 17 heteroatoms. The van der Waals surface area contributed by atoms with Crippen LogP contribution in [0.5, 0.6) is 11.5 Å². The fraction of sp³-hybridized carbons (Fsp3) is 0.378. The van der Waals surface area contributed by atoms with Gasteiger partial charge in [0.25, 0.3) is 17.7 Å². The molecule has 4 N–H and O–H groups in total. The highest BCUT2D eigenvalue weighted by molar-refractivity contribution is 6.06. The molecule has 0 spiro atoms. The standard InChI is InChI=1S/C45H48N10O7/c46-41(57)39-40(30-11-13-32(14-12-30)62-31-8-2-1-3-9-31)50-55-36(17-20-47-42(39)55)29-18-21-52(22-19-29)45(60)35-27-53(51-49-35)23-25-61-24-5-7-28-6-4-10-33-34(28)26-54(44(33)59)37-15-16-38(56)48-43(37)58/h1-4,6,8-14,27,29,36-37,47H,5,7,15-26H2,(H2,46,57)(H,48,56,58)/t36-,37?/m0/s1. The molecule has 17 nitrogen and oxygen atoms in total. The molecule has 6 heterocycles. The van der Waals surface area contributed by atoms with E-state index in [0.717, 1.165) is 48.1 Å². The number of carbonyl (C=O) groups is 5. The first kappa shape index (κ1) is 40.5. The molecular formula is C45H48N10O7. The van der Waals surface area contributed by atoms with Crippen molar-refractivity contribution >= 4 is 35.4 Å². The van der Waals surface area contributed by atoms with Crippen LogP contribution in [0.15, 0.2) is 79.0 Å². The average Bonchev–Trinajstić information content (AvgIpc) is 4.02. The van der Waals surface area contributed by atoms with Gasteiger partial charge in [-0.15, -0.1) is 5.10 Å². The lowest BCUT2D eigenvalue weighted by Crippen LogP contribution is -2.52. The van der Waals surface area contributed by atoms with Crippen molar-refractivity contribution < 1.29 is 33.4 Å². The van der Waals surface area contributed by atoms with Crippen LogP contribution in [0.25, 0.3) is 11.3 Å². The molecule has 2 aromatic heterocycles. The highest BCUT2D eigenvalue weighted by Crippen LogP contribution is 2.40. The van der Waals surface area contributed by atoms with E-state index in [-0.39, 0.29) is 41.8 Å². The van der Waals surface area contributed by atoms with E-state index < -0.39 is 17.9 Å². The number of piperidine rings is 2. The largest absolute Gasteiger partial charge is 0.457 e. The van der Waals surface area contributed by atoms with Gasteiger partial charge in [0.2, 0.25) is 11.8 Å². The van der Waals surface area contributed by atoms with E-state index in [4.69, 9.17) is 20.3 Å². The number of rotatable bonds is 14. The first-order chi connectivity index (χ1) is 30.2. The molecule has 0 aliphatic carbocycles. The molecule has 2 fully saturated rings. The predicted octanol–water partition coefficient (Wildman–Crippen LogP) is 4.35. The van der Waals surface area contributed by atoms with Crippen LogP contribution in [-0.2, 0) is 33.8 Å². The zero-order chi connectivity index (χ0) is 42.7. The SMILES string of the molecule is NC(=O)c1c(-c2ccc(Oc3ccccc3)cc2)nn2c1NCC[C@H]2C1CCN(C(=O)c2cn(CCOCCCc3cccc4c3CN(C3CCC(=O)NC3=O)C4=O)nn2)CC1. The number of aryl methyl sites for hydroxylation is 1. The Labute approximate surface area is 357 Å². The summed E-state index contributed by atoms with van der Waals surface area (Å²) in [5.41, 5.74) is 10.4. The maximum absolute atomic E-state index is 13.5. The second kappa shape index (κ2) is 17.6. The number of nitrogens with zero attached hydrogens (tertiary/aromatic N) is 7. The summed E-state index contributed by atoms with van der Waals surface area (Å²) in [4.78, 5) is 67.0. The Bertz CT molecular complexity index is 2490. The van der Waals surface area contributed by atoms with Gasteiger partial charge in [-0.25, -0.2) is 9.36 Å². The fourth-order valence-corrected chi connectivity index (χ4v) is 9.14. The first-order valence-electron chi connectivity index (χ1n) is 21.2. The van der Waals surface area contributed by atoms with Gasteiger partial charge in [-0.2, -0.15) is 5.10 Å². The number of anilines is 1. The van der Waals surface area contributed by atoms with Crippen LogP contribution in [0, 0.1) is 5.92 Å². The normalized spacial score (nSPS) is 18.9. The molecule has 4 aliphatic rings. The van der Waals surface area contributed by atoms with Crippen molar-refractivity contribution in [2.75, 3.05) is 38.2 Å².